The van der Waals surface area contributed by atoms with E-state index in [1.807, 2.05) is 56.3 Å². The van der Waals surface area contributed by atoms with Crippen LogP contribution in [-0.4, -0.2) is 69.3 Å². The number of carbonyl (C=O) groups excluding carboxylic acids is 4. The monoisotopic (exact) mass is 625 g/mol. The Morgan fingerprint density at radius 2 is 1.36 bits per heavy atom. The lowest BCUT2D eigenvalue weighted by atomic mass is 9.93. The Morgan fingerprint density at radius 1 is 0.778 bits per heavy atom. The maximum Gasteiger partial charge on any atom is 0.408 e. The Balaban J connectivity index is 2.64. The van der Waals surface area contributed by atoms with Gasteiger partial charge in [-0.25, -0.2) is 9.59 Å². The number of aliphatic hydroxyl groups excluding tert-OH is 1. The molecule has 2 rings (SSSR count). The van der Waals surface area contributed by atoms with E-state index in [-0.39, 0.29) is 6.42 Å². The smallest absolute Gasteiger partial charge is 0.408 e. The van der Waals surface area contributed by atoms with Crippen molar-refractivity contribution >= 4 is 23.9 Å². The van der Waals surface area contributed by atoms with E-state index < -0.39 is 65.4 Å². The van der Waals surface area contributed by atoms with Crippen LogP contribution in [0.2, 0.25) is 0 Å². The SMILES string of the molecule is Cc1ccc(C(C(=O)NC(Cc2ccccc2)C(=O)OC(C)(C)C)N(C(=O)C(CO)NC(=O)OC(C)(C)C)C(C)(C)C)cc1C. The number of carbonyl (C=O) groups is 4. The molecule has 0 aliphatic carbocycles. The molecule has 0 saturated carbocycles. The van der Waals surface area contributed by atoms with Crippen molar-refractivity contribution in [2.24, 2.45) is 0 Å². The predicted molar refractivity (Wildman–Crippen MR) is 173 cm³/mol. The van der Waals surface area contributed by atoms with Gasteiger partial charge in [-0.15, -0.1) is 0 Å². The second kappa shape index (κ2) is 14.9. The summed E-state index contributed by atoms with van der Waals surface area (Å²) in [7, 11) is 0. The molecule has 0 heterocycles. The van der Waals surface area contributed by atoms with Crippen LogP contribution < -0.4 is 10.6 Å². The number of nitrogens with one attached hydrogen (secondary N) is 2. The molecule has 10 nitrogen and oxygen atoms in total. The molecule has 0 saturated heterocycles. The highest BCUT2D eigenvalue weighted by molar-refractivity contribution is 5.94. The van der Waals surface area contributed by atoms with E-state index in [1.54, 1.807) is 68.4 Å². The van der Waals surface area contributed by atoms with E-state index in [1.165, 1.54) is 4.90 Å². The quantitative estimate of drug-likeness (QED) is 0.319. The number of hydrogen-bond acceptors (Lipinski definition) is 7. The maximum absolute atomic E-state index is 14.4. The normalized spacial score (nSPS) is 14.0. The van der Waals surface area contributed by atoms with Gasteiger partial charge in [0.2, 0.25) is 11.8 Å². The summed E-state index contributed by atoms with van der Waals surface area (Å²) in [6, 6.07) is 10.9. The molecule has 0 spiro atoms. The largest absolute Gasteiger partial charge is 0.458 e. The number of nitrogens with zero attached hydrogens (tertiary/aromatic N) is 1. The van der Waals surface area contributed by atoms with Gasteiger partial charge >= 0.3 is 12.1 Å². The Morgan fingerprint density at radius 3 is 1.84 bits per heavy atom. The van der Waals surface area contributed by atoms with Crippen molar-refractivity contribution in [1.29, 1.82) is 0 Å². The molecule has 0 aliphatic heterocycles. The minimum absolute atomic E-state index is 0.157. The number of esters is 1. The van der Waals surface area contributed by atoms with Crippen molar-refractivity contribution < 1.29 is 33.8 Å². The third kappa shape index (κ3) is 11.5. The summed E-state index contributed by atoms with van der Waals surface area (Å²) in [5.74, 6) is -1.94. The van der Waals surface area contributed by atoms with E-state index in [4.69, 9.17) is 9.47 Å². The summed E-state index contributed by atoms with van der Waals surface area (Å²) >= 11 is 0. The van der Waals surface area contributed by atoms with E-state index >= 15 is 0 Å². The van der Waals surface area contributed by atoms with Crippen molar-refractivity contribution in [2.45, 2.75) is 117 Å². The van der Waals surface area contributed by atoms with Crippen LogP contribution in [-0.2, 0) is 30.3 Å². The predicted octanol–water partition coefficient (Wildman–Crippen LogP) is 4.93. The van der Waals surface area contributed by atoms with Crippen molar-refractivity contribution in [3.05, 3.63) is 70.8 Å². The van der Waals surface area contributed by atoms with Crippen LogP contribution in [0.5, 0.6) is 0 Å². The van der Waals surface area contributed by atoms with Gasteiger partial charge in [-0.1, -0.05) is 48.5 Å². The molecule has 2 aromatic carbocycles. The first-order chi connectivity index (χ1) is 20.6. The van der Waals surface area contributed by atoms with Crippen molar-refractivity contribution in [3.63, 3.8) is 0 Å². The van der Waals surface area contributed by atoms with Crippen LogP contribution in [0, 0.1) is 13.8 Å². The highest BCUT2D eigenvalue weighted by Crippen LogP contribution is 2.31. The highest BCUT2D eigenvalue weighted by Gasteiger charge is 2.43. The zero-order valence-electron chi connectivity index (χ0n) is 28.6. The number of aryl methyl sites for hydroxylation is 2. The molecule has 0 aromatic heterocycles. The molecule has 0 fully saturated rings. The third-order valence-corrected chi connectivity index (χ3v) is 6.78. The van der Waals surface area contributed by atoms with Gasteiger partial charge < -0.3 is 30.1 Å². The number of aliphatic hydroxyl groups is 1. The summed E-state index contributed by atoms with van der Waals surface area (Å²) in [5, 5.41) is 15.6. The molecule has 3 unspecified atom stereocenters. The lowest BCUT2D eigenvalue weighted by Gasteiger charge is -2.43. The molecule has 3 amide bonds. The van der Waals surface area contributed by atoms with Gasteiger partial charge in [-0.2, -0.15) is 0 Å². The van der Waals surface area contributed by atoms with E-state index in [2.05, 4.69) is 10.6 Å². The minimum Gasteiger partial charge on any atom is -0.458 e. The average Bonchev–Trinajstić information content (AvgIpc) is 2.89. The molecule has 10 heteroatoms. The molecule has 3 N–H and O–H groups in total. The molecular formula is C35H51N3O7. The Bertz CT molecular complexity index is 1340. The molecule has 0 bridgehead atoms. The number of benzene rings is 2. The lowest BCUT2D eigenvalue weighted by molar-refractivity contribution is -0.159. The third-order valence-electron chi connectivity index (χ3n) is 6.78. The van der Waals surface area contributed by atoms with Gasteiger partial charge in [0.05, 0.1) is 6.61 Å². The minimum atomic E-state index is -1.41. The van der Waals surface area contributed by atoms with E-state index in [9.17, 15) is 24.3 Å². The van der Waals surface area contributed by atoms with Crippen LogP contribution >= 0.6 is 0 Å². The molecule has 3 atom stereocenters. The highest BCUT2D eigenvalue weighted by atomic mass is 16.6. The van der Waals surface area contributed by atoms with Gasteiger partial charge in [0.25, 0.3) is 0 Å². The zero-order valence-corrected chi connectivity index (χ0v) is 28.6. The second-order valence-electron chi connectivity index (χ2n) is 14.3. The number of amides is 3. The molecule has 248 valence electrons. The van der Waals surface area contributed by atoms with Crippen molar-refractivity contribution in [2.75, 3.05) is 6.61 Å². The first-order valence-corrected chi connectivity index (χ1v) is 15.2. The zero-order chi connectivity index (χ0) is 34.3. The molecule has 45 heavy (non-hydrogen) atoms. The van der Waals surface area contributed by atoms with Crippen molar-refractivity contribution in [3.8, 4) is 0 Å². The topological polar surface area (TPSA) is 134 Å². The van der Waals surface area contributed by atoms with E-state index in [0.717, 1.165) is 16.7 Å². The summed E-state index contributed by atoms with van der Waals surface area (Å²) in [6.45, 7) is 18.6. The second-order valence-corrected chi connectivity index (χ2v) is 14.3. The fourth-order valence-corrected chi connectivity index (χ4v) is 4.67. The number of alkyl carbamates (subject to hydrolysis) is 1. The summed E-state index contributed by atoms with van der Waals surface area (Å²) in [6.07, 6.45) is -0.729. The lowest BCUT2D eigenvalue weighted by Crippen LogP contribution is -2.60. The first-order valence-electron chi connectivity index (χ1n) is 15.2. The Kier molecular flexibility index (Phi) is 12.3. The fourth-order valence-electron chi connectivity index (χ4n) is 4.67. The number of rotatable bonds is 10. The number of ether oxygens (including phenoxy) is 2. The van der Waals surface area contributed by atoms with Gasteiger partial charge in [-0.05, 0) is 98.4 Å². The molecule has 0 aliphatic rings. The van der Waals surface area contributed by atoms with Crippen molar-refractivity contribution in [1.82, 2.24) is 15.5 Å². The first kappa shape index (κ1) is 37.3. The summed E-state index contributed by atoms with van der Waals surface area (Å²) < 4.78 is 11.0. The molecule has 2 aromatic rings. The number of hydrogen-bond donors (Lipinski definition) is 3. The van der Waals surface area contributed by atoms with Gasteiger partial charge in [0, 0.05) is 12.0 Å². The van der Waals surface area contributed by atoms with Crippen LogP contribution in [0.15, 0.2) is 48.5 Å². The van der Waals surface area contributed by atoms with E-state index in [0.29, 0.717) is 5.56 Å². The summed E-state index contributed by atoms with van der Waals surface area (Å²) in [4.78, 5) is 56.0. The Hall–Kier alpha value is -3.92. The van der Waals surface area contributed by atoms with Crippen LogP contribution in [0.25, 0.3) is 0 Å². The van der Waals surface area contributed by atoms with Gasteiger partial charge in [0.15, 0.2) is 0 Å². The maximum atomic E-state index is 14.4. The van der Waals surface area contributed by atoms with Crippen LogP contribution in [0.3, 0.4) is 0 Å². The fraction of sp³-hybridized carbons (Fsp3) is 0.543. The molecule has 0 radical (unpaired) electrons. The molecular weight excluding hydrogens is 574 g/mol. The standard InChI is InChI=1S/C35H51N3O7/c1-22-17-18-25(19-23(22)2)28(38(33(3,4)5)30(41)27(21-39)37-32(43)45-35(9,10)11)29(40)36-26(31(42)44-34(6,7)8)20-24-15-13-12-14-16-24/h12-19,26-28,39H,20-21H2,1-11H3,(H,36,40)(H,37,43). The summed E-state index contributed by atoms with van der Waals surface area (Å²) in [5.41, 5.74) is 0.555. The van der Waals surface area contributed by atoms with Gasteiger partial charge in [0.1, 0.15) is 29.3 Å². The Labute approximate surface area is 267 Å². The van der Waals surface area contributed by atoms with Crippen LogP contribution in [0.1, 0.15) is 90.6 Å². The van der Waals surface area contributed by atoms with Crippen LogP contribution in [0.4, 0.5) is 4.79 Å². The average molecular weight is 626 g/mol. The van der Waals surface area contributed by atoms with Gasteiger partial charge in [-0.3, -0.25) is 9.59 Å².